The van der Waals surface area contributed by atoms with Gasteiger partial charge in [0.05, 0.1) is 0 Å². The summed E-state index contributed by atoms with van der Waals surface area (Å²) in [6, 6.07) is 12.7. The van der Waals surface area contributed by atoms with Crippen molar-refractivity contribution in [3.63, 3.8) is 0 Å². The molecule has 68 valence electrons. The number of hydrogen-bond acceptors (Lipinski definition) is 2. The molecule has 0 aliphatic carbocycles. The van der Waals surface area contributed by atoms with Crippen molar-refractivity contribution in [2.24, 2.45) is 4.99 Å². The van der Waals surface area contributed by atoms with Crippen molar-refractivity contribution in [2.45, 2.75) is 0 Å². The van der Waals surface area contributed by atoms with Gasteiger partial charge in [-0.2, -0.15) is 0 Å². The van der Waals surface area contributed by atoms with E-state index in [2.05, 4.69) is 46.7 Å². The molecular weight excluding hydrogens is 172 g/mol. The van der Waals surface area contributed by atoms with Crippen molar-refractivity contribution in [1.82, 2.24) is 0 Å². The van der Waals surface area contributed by atoms with E-state index in [1.807, 2.05) is 6.21 Å². The number of fused-ring (bicyclic) bond motifs is 2. The van der Waals surface area contributed by atoms with Gasteiger partial charge in [0, 0.05) is 17.5 Å². The van der Waals surface area contributed by atoms with Gasteiger partial charge >= 0.3 is 0 Å². The number of nitrogens with one attached hydrogen (secondary N) is 1. The van der Waals surface area contributed by atoms with Gasteiger partial charge in [-0.1, -0.05) is 24.3 Å². The van der Waals surface area contributed by atoms with Crippen molar-refractivity contribution in [1.29, 1.82) is 0 Å². The Morgan fingerprint density at radius 1 is 1.07 bits per heavy atom. The standard InChI is InChI=1S/C12H10N2/c1-2-4-10-6-12-11(5-9(10)3-1)7-13-8-14-12/h1-7,14H,8H2. The molecule has 14 heavy (non-hydrogen) atoms. The van der Waals surface area contributed by atoms with E-state index in [1.165, 1.54) is 22.0 Å². The van der Waals surface area contributed by atoms with Gasteiger partial charge < -0.3 is 5.32 Å². The van der Waals surface area contributed by atoms with E-state index in [4.69, 9.17) is 0 Å². The highest BCUT2D eigenvalue weighted by atomic mass is 15.0. The third-order valence-corrected chi connectivity index (χ3v) is 2.51. The van der Waals surface area contributed by atoms with E-state index in [-0.39, 0.29) is 0 Å². The topological polar surface area (TPSA) is 24.4 Å². The molecular formula is C12H10N2. The zero-order chi connectivity index (χ0) is 9.38. The Kier molecular flexibility index (Phi) is 1.53. The molecule has 0 radical (unpaired) electrons. The van der Waals surface area contributed by atoms with Crippen molar-refractivity contribution in [3.8, 4) is 0 Å². The van der Waals surface area contributed by atoms with Crippen LogP contribution in [0.25, 0.3) is 10.8 Å². The first kappa shape index (κ1) is 7.56. The van der Waals surface area contributed by atoms with Crippen molar-refractivity contribution < 1.29 is 0 Å². The maximum absolute atomic E-state index is 4.19. The quantitative estimate of drug-likeness (QED) is 0.665. The Morgan fingerprint density at radius 2 is 1.86 bits per heavy atom. The Balaban J connectivity index is 2.34. The van der Waals surface area contributed by atoms with Gasteiger partial charge in [0.2, 0.25) is 0 Å². The number of rotatable bonds is 0. The summed E-state index contributed by atoms with van der Waals surface area (Å²) >= 11 is 0. The molecule has 2 heteroatoms. The van der Waals surface area contributed by atoms with E-state index in [0.717, 1.165) is 0 Å². The zero-order valence-corrected chi connectivity index (χ0v) is 7.70. The molecule has 0 saturated heterocycles. The molecule has 0 aromatic heterocycles. The molecule has 3 rings (SSSR count). The fraction of sp³-hybridized carbons (Fsp3) is 0.0833. The maximum atomic E-state index is 4.19. The van der Waals surface area contributed by atoms with Crippen LogP contribution in [0, 0.1) is 0 Å². The third kappa shape index (κ3) is 1.08. The van der Waals surface area contributed by atoms with E-state index >= 15 is 0 Å². The largest absolute Gasteiger partial charge is 0.366 e. The average molecular weight is 182 g/mol. The molecule has 0 bridgehead atoms. The van der Waals surface area contributed by atoms with Crippen LogP contribution in [0.3, 0.4) is 0 Å². The summed E-state index contributed by atoms with van der Waals surface area (Å²) < 4.78 is 0. The van der Waals surface area contributed by atoms with E-state index in [0.29, 0.717) is 6.67 Å². The van der Waals surface area contributed by atoms with E-state index in [1.54, 1.807) is 0 Å². The van der Waals surface area contributed by atoms with Crippen LogP contribution in [0.15, 0.2) is 41.4 Å². The zero-order valence-electron chi connectivity index (χ0n) is 7.70. The number of anilines is 1. The van der Waals surface area contributed by atoms with Gasteiger partial charge in [-0.3, -0.25) is 4.99 Å². The van der Waals surface area contributed by atoms with Crippen LogP contribution >= 0.6 is 0 Å². The smallest absolute Gasteiger partial charge is 0.107 e. The van der Waals surface area contributed by atoms with Gasteiger partial charge in [0.25, 0.3) is 0 Å². The Labute approximate surface area is 82.3 Å². The fourth-order valence-electron chi connectivity index (χ4n) is 1.79. The lowest BCUT2D eigenvalue weighted by Gasteiger charge is -2.13. The second-order valence-corrected chi connectivity index (χ2v) is 3.43. The number of nitrogens with zero attached hydrogens (tertiary/aromatic N) is 1. The molecule has 2 aromatic rings. The maximum Gasteiger partial charge on any atom is 0.107 e. The van der Waals surface area contributed by atoms with Gasteiger partial charge in [-0.15, -0.1) is 0 Å². The monoisotopic (exact) mass is 182 g/mol. The van der Waals surface area contributed by atoms with Crippen LogP contribution in [0.2, 0.25) is 0 Å². The van der Waals surface area contributed by atoms with E-state index < -0.39 is 0 Å². The van der Waals surface area contributed by atoms with Crippen LogP contribution in [-0.4, -0.2) is 12.9 Å². The van der Waals surface area contributed by atoms with Gasteiger partial charge in [0.15, 0.2) is 0 Å². The number of benzene rings is 2. The molecule has 2 nitrogen and oxygen atoms in total. The minimum atomic E-state index is 0.686. The first-order valence-electron chi connectivity index (χ1n) is 4.70. The summed E-state index contributed by atoms with van der Waals surface area (Å²) in [5, 5.41) is 5.79. The Morgan fingerprint density at radius 3 is 2.71 bits per heavy atom. The molecule has 0 saturated carbocycles. The summed E-state index contributed by atoms with van der Waals surface area (Å²) in [5.74, 6) is 0. The highest BCUT2D eigenvalue weighted by molar-refractivity contribution is 5.98. The molecule has 1 N–H and O–H groups in total. The molecule has 0 atom stereocenters. The lowest BCUT2D eigenvalue weighted by atomic mass is 10.0. The predicted octanol–water partition coefficient (Wildman–Crippen LogP) is 2.64. The van der Waals surface area contributed by atoms with Crippen molar-refractivity contribution in [3.05, 3.63) is 42.0 Å². The second kappa shape index (κ2) is 2.84. The minimum Gasteiger partial charge on any atom is -0.366 e. The highest BCUT2D eigenvalue weighted by Gasteiger charge is 2.04. The molecule has 1 aliphatic rings. The summed E-state index contributed by atoms with van der Waals surface area (Å²) in [4.78, 5) is 4.19. The minimum absolute atomic E-state index is 0.686. The second-order valence-electron chi connectivity index (χ2n) is 3.43. The lowest BCUT2D eigenvalue weighted by molar-refractivity contribution is 1.13. The normalized spacial score (nSPS) is 13.7. The average Bonchev–Trinajstić information content (AvgIpc) is 2.26. The predicted molar refractivity (Wildman–Crippen MR) is 60.0 cm³/mol. The van der Waals surface area contributed by atoms with Gasteiger partial charge in [0.1, 0.15) is 6.67 Å². The van der Waals surface area contributed by atoms with Gasteiger partial charge in [-0.05, 0) is 22.9 Å². The Hall–Kier alpha value is -1.83. The highest BCUT2D eigenvalue weighted by Crippen LogP contribution is 2.24. The third-order valence-electron chi connectivity index (χ3n) is 2.51. The van der Waals surface area contributed by atoms with Crippen LogP contribution in [-0.2, 0) is 0 Å². The molecule has 2 aromatic carbocycles. The lowest BCUT2D eigenvalue weighted by Crippen LogP contribution is -2.07. The number of hydrogen-bond donors (Lipinski definition) is 1. The van der Waals surface area contributed by atoms with Gasteiger partial charge in [-0.25, -0.2) is 0 Å². The van der Waals surface area contributed by atoms with Crippen LogP contribution in [0.5, 0.6) is 0 Å². The number of aliphatic imine (C=N–C) groups is 1. The SMILES string of the molecule is C1=NCNc2cc3ccccc3cc21. The molecule has 0 unspecified atom stereocenters. The fourth-order valence-corrected chi connectivity index (χ4v) is 1.79. The Bertz CT molecular complexity index is 515. The van der Waals surface area contributed by atoms with Crippen LogP contribution in [0.1, 0.15) is 5.56 Å². The summed E-state index contributed by atoms with van der Waals surface area (Å²) in [5.41, 5.74) is 2.36. The van der Waals surface area contributed by atoms with Crippen molar-refractivity contribution in [2.75, 3.05) is 12.0 Å². The molecule has 0 fully saturated rings. The molecule has 0 spiro atoms. The summed E-state index contributed by atoms with van der Waals surface area (Å²) in [7, 11) is 0. The van der Waals surface area contributed by atoms with Crippen molar-refractivity contribution >= 4 is 22.7 Å². The summed E-state index contributed by atoms with van der Waals surface area (Å²) in [6.45, 7) is 0.686. The van der Waals surface area contributed by atoms with E-state index in [9.17, 15) is 0 Å². The molecule has 0 amide bonds. The first-order chi connectivity index (χ1) is 6.93. The van der Waals surface area contributed by atoms with Crippen LogP contribution < -0.4 is 5.32 Å². The van der Waals surface area contributed by atoms with Crippen LogP contribution in [0.4, 0.5) is 5.69 Å². The first-order valence-corrected chi connectivity index (χ1v) is 4.70. The molecule has 1 heterocycles. The molecule has 1 aliphatic heterocycles. The summed E-state index contributed by atoms with van der Waals surface area (Å²) in [6.07, 6.45) is 1.93.